The first kappa shape index (κ1) is 35.9. The van der Waals surface area contributed by atoms with E-state index in [1.807, 2.05) is 0 Å². The largest absolute Gasteiger partial charge is 0.334 e. The monoisotopic (exact) mass is 802 g/mol. The Bertz CT molecular complexity index is 3460. The topological polar surface area (TPSA) is 15.8 Å². The van der Waals surface area contributed by atoms with Crippen LogP contribution in [-0.2, 0) is 12.8 Å². The molecule has 0 spiro atoms. The molecule has 5 aromatic carbocycles. The summed E-state index contributed by atoms with van der Waals surface area (Å²) < 4.78 is 5.35. The van der Waals surface area contributed by atoms with Crippen molar-refractivity contribution in [1.29, 1.82) is 0 Å². The summed E-state index contributed by atoms with van der Waals surface area (Å²) in [6, 6.07) is 44.0. The molecular formula is C58H50N4. The lowest BCUT2D eigenvalue weighted by Gasteiger charge is -2.35. The van der Waals surface area contributed by atoms with Gasteiger partial charge in [-0.1, -0.05) is 129 Å². The Kier molecular flexibility index (Phi) is 8.04. The molecule has 4 nitrogen and oxygen atoms in total. The number of allylic oxidation sites excluding steroid dienone is 5. The number of benzene rings is 5. The molecule has 8 aromatic rings. The van der Waals surface area contributed by atoms with Crippen molar-refractivity contribution >= 4 is 73.1 Å². The molecule has 0 bridgehead atoms. The van der Waals surface area contributed by atoms with Crippen molar-refractivity contribution in [1.82, 2.24) is 8.97 Å². The number of aromatic nitrogens is 2. The van der Waals surface area contributed by atoms with Crippen LogP contribution in [0.4, 0.5) is 17.1 Å². The highest BCUT2D eigenvalue weighted by molar-refractivity contribution is 6.17. The number of aryl methyl sites for hydroxylation is 2. The minimum atomic E-state index is 0.196. The summed E-state index contributed by atoms with van der Waals surface area (Å²) in [4.78, 5) is 5.19. The predicted octanol–water partition coefficient (Wildman–Crippen LogP) is 11.8. The zero-order valence-corrected chi connectivity index (χ0v) is 35.5. The van der Waals surface area contributed by atoms with E-state index >= 15 is 0 Å². The van der Waals surface area contributed by atoms with Crippen molar-refractivity contribution in [2.75, 3.05) is 9.80 Å². The van der Waals surface area contributed by atoms with Crippen LogP contribution in [-0.4, -0.2) is 15.0 Å². The van der Waals surface area contributed by atoms with Gasteiger partial charge in [0, 0.05) is 60.8 Å². The summed E-state index contributed by atoms with van der Waals surface area (Å²) in [6.45, 7) is 4.54. The van der Waals surface area contributed by atoms with E-state index in [9.17, 15) is 0 Å². The molecule has 0 amide bonds. The lowest BCUT2D eigenvalue weighted by molar-refractivity contribution is 0.623. The third-order valence-corrected chi connectivity index (χ3v) is 14.9. The van der Waals surface area contributed by atoms with Gasteiger partial charge in [0.25, 0.3) is 0 Å². The number of rotatable bonds is 8. The van der Waals surface area contributed by atoms with E-state index in [-0.39, 0.29) is 18.0 Å². The first-order chi connectivity index (χ1) is 30.7. The summed E-state index contributed by atoms with van der Waals surface area (Å²) in [5.74, 6) is 0.840. The highest BCUT2D eigenvalue weighted by Crippen LogP contribution is 2.52. The standard InChI is InChI=1S/C58H50N4/c1-3-37-23-27-41(28-24-37)59(39-15-7-5-8-16-39)51-33-31-43-47-35-54-48(36-53(47)61-49-21-13-11-19-45(49)55(51)57(43)61)44-32-34-52(56-46-20-12-14-22-50(46)62(54)58(44)56)60(40-17-9-6-10-18-40)42-29-25-38(4-2)26-30-42/h5-17,19-25,27-30,32,34-36,38,40,48,54H,3-4,18,26,31,33H2,1-2H3. The van der Waals surface area contributed by atoms with E-state index in [0.717, 1.165) is 32.1 Å². The Labute approximate surface area is 362 Å². The number of para-hydroxylation sites is 3. The van der Waals surface area contributed by atoms with E-state index in [0.29, 0.717) is 5.92 Å². The molecule has 302 valence electrons. The van der Waals surface area contributed by atoms with Crippen molar-refractivity contribution in [2.24, 2.45) is 5.92 Å². The van der Waals surface area contributed by atoms with Crippen molar-refractivity contribution in [3.8, 4) is 0 Å². The molecule has 0 saturated heterocycles. The first-order valence-corrected chi connectivity index (χ1v) is 23.0. The second-order valence-corrected chi connectivity index (χ2v) is 18.0. The summed E-state index contributed by atoms with van der Waals surface area (Å²) in [7, 11) is 0. The minimum absolute atomic E-state index is 0.196. The van der Waals surface area contributed by atoms with E-state index in [4.69, 9.17) is 0 Å². The van der Waals surface area contributed by atoms with Crippen LogP contribution in [0.25, 0.3) is 56.1 Å². The Hall–Kier alpha value is -6.78. The average molecular weight is 803 g/mol. The van der Waals surface area contributed by atoms with Crippen LogP contribution in [0.2, 0.25) is 0 Å². The smallest absolute Gasteiger partial charge is 0.0637 e. The Morgan fingerprint density at radius 2 is 1.48 bits per heavy atom. The summed E-state index contributed by atoms with van der Waals surface area (Å²) in [6.07, 6.45) is 28.1. The zero-order valence-electron chi connectivity index (χ0n) is 35.5. The summed E-state index contributed by atoms with van der Waals surface area (Å²) >= 11 is 0. The van der Waals surface area contributed by atoms with Crippen LogP contribution in [0, 0.1) is 5.92 Å². The van der Waals surface area contributed by atoms with Gasteiger partial charge in [-0.2, -0.15) is 0 Å². The molecule has 5 aliphatic rings. The second-order valence-electron chi connectivity index (χ2n) is 18.0. The fraction of sp³-hybridized carbons (Fsp3) is 0.207. The van der Waals surface area contributed by atoms with Crippen LogP contribution in [0.15, 0.2) is 163 Å². The Balaban J connectivity index is 1.05. The third-order valence-electron chi connectivity index (χ3n) is 14.9. The van der Waals surface area contributed by atoms with Gasteiger partial charge in [-0.15, -0.1) is 0 Å². The van der Waals surface area contributed by atoms with Crippen LogP contribution in [0.5, 0.6) is 0 Å². The number of hydrogen-bond acceptors (Lipinski definition) is 2. The highest BCUT2D eigenvalue weighted by Gasteiger charge is 2.39. The van der Waals surface area contributed by atoms with E-state index in [1.54, 1.807) is 0 Å². The fourth-order valence-corrected chi connectivity index (χ4v) is 12.0. The molecule has 0 radical (unpaired) electrons. The van der Waals surface area contributed by atoms with Gasteiger partial charge in [-0.3, -0.25) is 0 Å². The first-order valence-electron chi connectivity index (χ1n) is 23.0. The van der Waals surface area contributed by atoms with Crippen LogP contribution in [0.1, 0.15) is 68.2 Å². The molecule has 4 aliphatic carbocycles. The molecule has 4 heteroatoms. The maximum absolute atomic E-state index is 2.71. The predicted molar refractivity (Wildman–Crippen MR) is 260 cm³/mol. The molecule has 1 aliphatic heterocycles. The Morgan fingerprint density at radius 3 is 2.26 bits per heavy atom. The van der Waals surface area contributed by atoms with Crippen molar-refractivity contribution in [3.63, 3.8) is 0 Å². The summed E-state index contributed by atoms with van der Waals surface area (Å²) in [5.41, 5.74) is 16.1. The number of nitrogens with zero attached hydrogens (tertiary/aromatic N) is 4. The van der Waals surface area contributed by atoms with Crippen molar-refractivity contribution < 1.29 is 0 Å². The quantitative estimate of drug-likeness (QED) is 0.152. The molecule has 4 heterocycles. The van der Waals surface area contributed by atoms with Crippen LogP contribution in [0.3, 0.4) is 0 Å². The van der Waals surface area contributed by atoms with E-state index in [2.05, 4.69) is 203 Å². The Morgan fingerprint density at radius 1 is 0.694 bits per heavy atom. The van der Waals surface area contributed by atoms with Gasteiger partial charge in [-0.05, 0) is 116 Å². The van der Waals surface area contributed by atoms with Crippen molar-refractivity contribution in [3.05, 3.63) is 196 Å². The van der Waals surface area contributed by atoms with Gasteiger partial charge in [0.2, 0.25) is 0 Å². The summed E-state index contributed by atoms with van der Waals surface area (Å²) in [5, 5.41) is 8.23. The van der Waals surface area contributed by atoms with E-state index < -0.39 is 0 Å². The molecule has 13 rings (SSSR count). The molecule has 4 atom stereocenters. The molecule has 62 heavy (non-hydrogen) atoms. The third kappa shape index (κ3) is 5.07. The van der Waals surface area contributed by atoms with Crippen molar-refractivity contribution in [2.45, 2.75) is 70.4 Å². The maximum atomic E-state index is 2.71. The van der Waals surface area contributed by atoms with E-state index in [1.165, 1.54) is 106 Å². The second kappa shape index (κ2) is 13.9. The maximum Gasteiger partial charge on any atom is 0.0637 e. The normalized spacial score (nSPS) is 20.7. The van der Waals surface area contributed by atoms with Gasteiger partial charge in [0.05, 0.1) is 39.7 Å². The molecule has 3 aromatic heterocycles. The number of hydrogen-bond donors (Lipinski definition) is 0. The van der Waals surface area contributed by atoms with Gasteiger partial charge in [-0.25, -0.2) is 0 Å². The minimum Gasteiger partial charge on any atom is -0.334 e. The molecular weight excluding hydrogens is 753 g/mol. The SMILES string of the molecule is CCc1ccc(N(C2=c3c4ccccc4n4c5c(c(c34)CC2)=CC2C(C=5)c3ccc(N(C4=CCC(CC)C=C4)C4C=CC=CC4)c4c5ccccc5n2c34)c2ccccc2)cc1. The lowest BCUT2D eigenvalue weighted by Crippen LogP contribution is -2.34. The van der Waals surface area contributed by atoms with Gasteiger partial charge in [0.15, 0.2) is 0 Å². The number of fused-ring (bicyclic) bond motifs is 12. The van der Waals surface area contributed by atoms with Gasteiger partial charge < -0.3 is 18.8 Å². The highest BCUT2D eigenvalue weighted by atomic mass is 15.2. The van der Waals surface area contributed by atoms with Crippen LogP contribution < -0.4 is 25.6 Å². The van der Waals surface area contributed by atoms with Gasteiger partial charge in [0.1, 0.15) is 0 Å². The zero-order chi connectivity index (χ0) is 41.1. The fourth-order valence-electron chi connectivity index (χ4n) is 12.0. The van der Waals surface area contributed by atoms with Gasteiger partial charge >= 0.3 is 0 Å². The number of anilines is 3. The molecule has 0 fully saturated rings. The molecule has 0 saturated carbocycles. The van der Waals surface area contributed by atoms with Crippen LogP contribution >= 0.6 is 0 Å². The molecule has 0 N–H and O–H groups in total. The average Bonchev–Trinajstić information content (AvgIpc) is 4.06. The molecule has 4 unspecified atom stereocenters. The lowest BCUT2D eigenvalue weighted by atomic mass is 9.87.